The van der Waals surface area contributed by atoms with Crippen molar-refractivity contribution in [2.75, 3.05) is 11.9 Å². The molecular weight excluding hydrogens is 212 g/mol. The number of aromatic nitrogens is 3. The predicted molar refractivity (Wildman–Crippen MR) is 69.1 cm³/mol. The van der Waals surface area contributed by atoms with E-state index < -0.39 is 0 Å². The molecule has 0 unspecified atom stereocenters. The molecule has 0 aliphatic heterocycles. The van der Waals surface area contributed by atoms with Crippen LogP contribution in [-0.2, 0) is 13.0 Å². The summed E-state index contributed by atoms with van der Waals surface area (Å²) in [5.74, 6) is 1.03. The topological polar surface area (TPSA) is 42.7 Å². The third kappa shape index (κ3) is 3.06. The van der Waals surface area contributed by atoms with Crippen molar-refractivity contribution in [2.45, 2.75) is 26.8 Å². The highest BCUT2D eigenvalue weighted by molar-refractivity contribution is 5.44. The molecular formula is C13H18N4. The first-order valence-corrected chi connectivity index (χ1v) is 5.97. The van der Waals surface area contributed by atoms with Crippen LogP contribution in [0.5, 0.6) is 0 Å². The maximum Gasteiger partial charge on any atom is 0.138 e. The lowest BCUT2D eigenvalue weighted by Gasteiger charge is -2.07. The van der Waals surface area contributed by atoms with E-state index in [9.17, 15) is 0 Å². The molecule has 0 atom stereocenters. The van der Waals surface area contributed by atoms with Crippen LogP contribution >= 0.6 is 0 Å². The van der Waals surface area contributed by atoms with E-state index in [1.54, 1.807) is 6.33 Å². The van der Waals surface area contributed by atoms with Crippen LogP contribution in [0, 0.1) is 6.92 Å². The van der Waals surface area contributed by atoms with Gasteiger partial charge < -0.3 is 5.32 Å². The first-order chi connectivity index (χ1) is 8.29. The summed E-state index contributed by atoms with van der Waals surface area (Å²) in [5.41, 5.74) is 2.43. The van der Waals surface area contributed by atoms with E-state index in [-0.39, 0.29) is 0 Å². The number of hydrogen-bond acceptors (Lipinski definition) is 3. The number of rotatable bonds is 5. The van der Waals surface area contributed by atoms with Crippen LogP contribution in [0.3, 0.4) is 0 Å². The van der Waals surface area contributed by atoms with Crippen LogP contribution in [-0.4, -0.2) is 21.3 Å². The van der Waals surface area contributed by atoms with Crippen molar-refractivity contribution >= 4 is 5.69 Å². The van der Waals surface area contributed by atoms with Crippen molar-refractivity contribution in [2.24, 2.45) is 0 Å². The molecule has 1 heterocycles. The van der Waals surface area contributed by atoms with E-state index in [1.165, 1.54) is 5.56 Å². The molecule has 0 amide bonds. The second kappa shape index (κ2) is 5.48. The minimum Gasteiger partial charge on any atom is -0.385 e. The van der Waals surface area contributed by atoms with Gasteiger partial charge in [-0.2, -0.15) is 5.10 Å². The Morgan fingerprint density at radius 3 is 2.71 bits per heavy atom. The summed E-state index contributed by atoms with van der Waals surface area (Å²) >= 11 is 0. The number of hydrogen-bond donors (Lipinski definition) is 1. The maximum atomic E-state index is 4.24. The SMILES string of the molecule is CCn1ncnc1CCNc1ccc(C)cc1. The fraction of sp³-hybridized carbons (Fsp3) is 0.385. The molecule has 0 saturated carbocycles. The van der Waals surface area contributed by atoms with Crippen LogP contribution in [0.4, 0.5) is 5.69 Å². The number of nitrogens with one attached hydrogen (secondary N) is 1. The number of anilines is 1. The number of nitrogens with zero attached hydrogens (tertiary/aromatic N) is 3. The lowest BCUT2D eigenvalue weighted by atomic mass is 10.2. The Balaban J connectivity index is 1.85. The Kier molecular flexibility index (Phi) is 3.75. The zero-order chi connectivity index (χ0) is 12.1. The van der Waals surface area contributed by atoms with Gasteiger partial charge in [-0.25, -0.2) is 4.98 Å². The van der Waals surface area contributed by atoms with Crippen molar-refractivity contribution in [1.82, 2.24) is 14.8 Å². The lowest BCUT2D eigenvalue weighted by molar-refractivity contribution is 0.616. The predicted octanol–water partition coefficient (Wildman–Crippen LogP) is 2.26. The van der Waals surface area contributed by atoms with E-state index in [2.05, 4.69) is 53.5 Å². The summed E-state index contributed by atoms with van der Waals surface area (Å²) in [7, 11) is 0. The molecule has 0 radical (unpaired) electrons. The molecule has 0 saturated heterocycles. The van der Waals surface area contributed by atoms with E-state index >= 15 is 0 Å². The highest BCUT2D eigenvalue weighted by Gasteiger charge is 2.01. The molecule has 90 valence electrons. The Labute approximate surface area is 102 Å². The molecule has 2 aromatic rings. The number of aryl methyl sites for hydroxylation is 2. The molecule has 4 heteroatoms. The van der Waals surface area contributed by atoms with Gasteiger partial charge in [0.05, 0.1) is 0 Å². The van der Waals surface area contributed by atoms with Gasteiger partial charge in [0.1, 0.15) is 12.2 Å². The zero-order valence-corrected chi connectivity index (χ0v) is 10.3. The van der Waals surface area contributed by atoms with Gasteiger partial charge in [-0.15, -0.1) is 0 Å². The summed E-state index contributed by atoms with van der Waals surface area (Å²) < 4.78 is 1.93. The van der Waals surface area contributed by atoms with Crippen molar-refractivity contribution in [3.63, 3.8) is 0 Å². The summed E-state index contributed by atoms with van der Waals surface area (Å²) in [6, 6.07) is 8.41. The van der Waals surface area contributed by atoms with Gasteiger partial charge in [0.15, 0.2) is 0 Å². The normalized spacial score (nSPS) is 10.5. The van der Waals surface area contributed by atoms with Gasteiger partial charge in [-0.05, 0) is 26.0 Å². The molecule has 1 aromatic carbocycles. The van der Waals surface area contributed by atoms with E-state index in [0.29, 0.717) is 0 Å². The van der Waals surface area contributed by atoms with Crippen LogP contribution in [0.1, 0.15) is 18.3 Å². The fourth-order valence-corrected chi connectivity index (χ4v) is 1.74. The van der Waals surface area contributed by atoms with Crippen molar-refractivity contribution < 1.29 is 0 Å². The van der Waals surface area contributed by atoms with Gasteiger partial charge in [0, 0.05) is 25.2 Å². The number of benzene rings is 1. The molecule has 0 fully saturated rings. The summed E-state index contributed by atoms with van der Waals surface area (Å²) in [6.45, 7) is 5.92. The molecule has 17 heavy (non-hydrogen) atoms. The van der Waals surface area contributed by atoms with Crippen LogP contribution in [0.15, 0.2) is 30.6 Å². The second-order valence-electron chi connectivity index (χ2n) is 4.03. The summed E-state index contributed by atoms with van der Waals surface area (Å²) in [4.78, 5) is 4.24. The van der Waals surface area contributed by atoms with E-state index in [0.717, 1.165) is 31.0 Å². The molecule has 1 aromatic heterocycles. The minimum atomic E-state index is 0.875. The second-order valence-corrected chi connectivity index (χ2v) is 4.03. The van der Waals surface area contributed by atoms with Crippen LogP contribution in [0.25, 0.3) is 0 Å². The van der Waals surface area contributed by atoms with Crippen molar-refractivity contribution in [3.8, 4) is 0 Å². The lowest BCUT2D eigenvalue weighted by Crippen LogP contribution is -2.10. The molecule has 0 aliphatic rings. The maximum absolute atomic E-state index is 4.24. The van der Waals surface area contributed by atoms with Crippen molar-refractivity contribution in [3.05, 3.63) is 42.0 Å². The Hall–Kier alpha value is -1.84. The standard InChI is InChI=1S/C13H18N4/c1-3-17-13(15-10-16-17)8-9-14-12-6-4-11(2)5-7-12/h4-7,10,14H,3,8-9H2,1-2H3. The summed E-state index contributed by atoms with van der Waals surface area (Å²) in [6.07, 6.45) is 2.51. The Morgan fingerprint density at radius 2 is 2.00 bits per heavy atom. The van der Waals surface area contributed by atoms with Gasteiger partial charge >= 0.3 is 0 Å². The molecule has 2 rings (SSSR count). The van der Waals surface area contributed by atoms with Gasteiger partial charge in [-0.1, -0.05) is 17.7 Å². The van der Waals surface area contributed by atoms with Crippen LogP contribution < -0.4 is 5.32 Å². The van der Waals surface area contributed by atoms with E-state index in [4.69, 9.17) is 0 Å². The first-order valence-electron chi connectivity index (χ1n) is 5.97. The molecule has 0 bridgehead atoms. The zero-order valence-electron chi connectivity index (χ0n) is 10.3. The quantitative estimate of drug-likeness (QED) is 0.856. The molecule has 4 nitrogen and oxygen atoms in total. The fourth-order valence-electron chi connectivity index (χ4n) is 1.74. The van der Waals surface area contributed by atoms with Gasteiger partial charge in [-0.3, -0.25) is 4.68 Å². The minimum absolute atomic E-state index is 0.875. The third-order valence-electron chi connectivity index (χ3n) is 2.72. The molecule has 1 N–H and O–H groups in total. The highest BCUT2D eigenvalue weighted by Crippen LogP contribution is 2.08. The van der Waals surface area contributed by atoms with Crippen molar-refractivity contribution in [1.29, 1.82) is 0 Å². The third-order valence-corrected chi connectivity index (χ3v) is 2.72. The summed E-state index contributed by atoms with van der Waals surface area (Å²) in [5, 5.41) is 7.53. The molecule has 0 aliphatic carbocycles. The smallest absolute Gasteiger partial charge is 0.138 e. The van der Waals surface area contributed by atoms with Crippen LogP contribution in [0.2, 0.25) is 0 Å². The first kappa shape index (κ1) is 11.6. The molecule has 0 spiro atoms. The highest BCUT2D eigenvalue weighted by atomic mass is 15.3. The largest absolute Gasteiger partial charge is 0.385 e. The van der Waals surface area contributed by atoms with Gasteiger partial charge in [0.2, 0.25) is 0 Å². The monoisotopic (exact) mass is 230 g/mol. The Morgan fingerprint density at radius 1 is 1.24 bits per heavy atom. The average Bonchev–Trinajstić information content (AvgIpc) is 2.79. The van der Waals surface area contributed by atoms with Gasteiger partial charge in [0.25, 0.3) is 0 Å². The average molecular weight is 230 g/mol. The Bertz CT molecular complexity index is 459. The van der Waals surface area contributed by atoms with E-state index in [1.807, 2.05) is 4.68 Å².